The molecule has 0 radical (unpaired) electrons. The molecule has 0 heterocycles. The van der Waals surface area contributed by atoms with Crippen molar-refractivity contribution in [3.8, 4) is 0 Å². The number of hydrogen-bond acceptors (Lipinski definition) is 11. The highest BCUT2D eigenvalue weighted by Gasteiger charge is 2.03. The van der Waals surface area contributed by atoms with Gasteiger partial charge in [-0.3, -0.25) is 9.59 Å². The summed E-state index contributed by atoms with van der Waals surface area (Å²) in [5.41, 5.74) is 0. The zero-order valence-corrected chi connectivity index (χ0v) is 14.1. The van der Waals surface area contributed by atoms with Gasteiger partial charge in [-0.05, 0) is 0 Å². The zero-order chi connectivity index (χ0) is 17.8. The van der Waals surface area contributed by atoms with E-state index < -0.39 is 45.8 Å². The minimum atomic E-state index is -3.57. The third-order valence-corrected chi connectivity index (χ3v) is 2.26. The SMILES string of the molecule is CC(=O)OCOC(C)=O.CS(=O)(=O)OCOCOS(C)(=O)=O. The van der Waals surface area contributed by atoms with Crippen molar-refractivity contribution < 1.29 is 49.0 Å². The highest BCUT2D eigenvalue weighted by atomic mass is 32.2. The quantitative estimate of drug-likeness (QED) is 0.224. The summed E-state index contributed by atoms with van der Waals surface area (Å²) in [6.07, 6.45) is 1.68. The highest BCUT2D eigenvalue weighted by molar-refractivity contribution is 7.86. The van der Waals surface area contributed by atoms with Crippen molar-refractivity contribution in [1.82, 2.24) is 0 Å². The van der Waals surface area contributed by atoms with Gasteiger partial charge in [0, 0.05) is 13.8 Å². The lowest BCUT2D eigenvalue weighted by Crippen LogP contribution is -2.11. The van der Waals surface area contributed by atoms with Crippen LogP contribution < -0.4 is 0 Å². The summed E-state index contributed by atoms with van der Waals surface area (Å²) in [5.74, 6) is -0.924. The maximum absolute atomic E-state index is 10.3. The van der Waals surface area contributed by atoms with Crippen LogP contribution in [0.1, 0.15) is 13.8 Å². The summed E-state index contributed by atoms with van der Waals surface area (Å²) < 4.78 is 62.5. The number of ether oxygens (including phenoxy) is 3. The first-order valence-electron chi connectivity index (χ1n) is 5.37. The van der Waals surface area contributed by atoms with Gasteiger partial charge in [0.2, 0.25) is 6.79 Å². The minimum Gasteiger partial charge on any atom is -0.428 e. The van der Waals surface area contributed by atoms with Crippen LogP contribution in [0.2, 0.25) is 0 Å². The summed E-state index contributed by atoms with van der Waals surface area (Å²) >= 11 is 0. The van der Waals surface area contributed by atoms with Gasteiger partial charge in [-0.15, -0.1) is 0 Å². The van der Waals surface area contributed by atoms with Crippen molar-refractivity contribution in [2.24, 2.45) is 0 Å². The molecular weight excluding hydrogens is 348 g/mol. The van der Waals surface area contributed by atoms with E-state index in [1.165, 1.54) is 13.8 Å². The molecule has 0 spiro atoms. The van der Waals surface area contributed by atoms with Crippen molar-refractivity contribution in [3.05, 3.63) is 0 Å². The number of rotatable bonds is 8. The van der Waals surface area contributed by atoms with Crippen molar-refractivity contribution in [3.63, 3.8) is 0 Å². The third kappa shape index (κ3) is 27.1. The Balaban J connectivity index is 0. The molecule has 0 aliphatic rings. The van der Waals surface area contributed by atoms with Crippen LogP contribution >= 0.6 is 0 Å². The lowest BCUT2D eigenvalue weighted by Gasteiger charge is -2.02. The molecule has 0 fully saturated rings. The van der Waals surface area contributed by atoms with Crippen LogP contribution in [0.15, 0.2) is 0 Å². The van der Waals surface area contributed by atoms with Crippen LogP contribution in [0.5, 0.6) is 0 Å². The van der Waals surface area contributed by atoms with E-state index in [-0.39, 0.29) is 6.79 Å². The molecule has 0 bridgehead atoms. The molecule has 0 atom stereocenters. The lowest BCUT2D eigenvalue weighted by molar-refractivity contribution is -0.163. The Morgan fingerprint density at radius 2 is 1.05 bits per heavy atom. The molecule has 0 N–H and O–H groups in total. The number of hydrogen-bond donors (Lipinski definition) is 0. The molecule has 22 heavy (non-hydrogen) atoms. The molecule has 0 aromatic carbocycles. The van der Waals surface area contributed by atoms with Crippen molar-refractivity contribution in [2.45, 2.75) is 13.8 Å². The Kier molecular flexibility index (Phi) is 11.8. The molecule has 13 heteroatoms. The predicted molar refractivity (Wildman–Crippen MR) is 71.1 cm³/mol. The van der Waals surface area contributed by atoms with Crippen molar-refractivity contribution in [1.29, 1.82) is 0 Å². The van der Waals surface area contributed by atoms with Gasteiger partial charge in [0.05, 0.1) is 12.5 Å². The monoisotopic (exact) mass is 366 g/mol. The highest BCUT2D eigenvalue weighted by Crippen LogP contribution is 1.90. The molecule has 0 unspecified atom stereocenters. The fraction of sp³-hybridized carbons (Fsp3) is 0.778. The van der Waals surface area contributed by atoms with Gasteiger partial charge in [0.1, 0.15) is 0 Å². The molecule has 11 nitrogen and oxygen atoms in total. The molecule has 0 saturated heterocycles. The molecule has 0 rings (SSSR count). The number of carbonyl (C=O) groups is 2. The average Bonchev–Trinajstić information content (AvgIpc) is 2.25. The van der Waals surface area contributed by atoms with Gasteiger partial charge in [-0.1, -0.05) is 0 Å². The second-order valence-electron chi connectivity index (χ2n) is 3.47. The van der Waals surface area contributed by atoms with Crippen LogP contribution in [0.3, 0.4) is 0 Å². The van der Waals surface area contributed by atoms with E-state index in [4.69, 9.17) is 0 Å². The zero-order valence-electron chi connectivity index (χ0n) is 12.4. The molecule has 0 aliphatic heterocycles. The van der Waals surface area contributed by atoms with Crippen LogP contribution in [-0.2, 0) is 52.4 Å². The van der Waals surface area contributed by atoms with Crippen LogP contribution in [0.4, 0.5) is 0 Å². The van der Waals surface area contributed by atoms with Gasteiger partial charge in [0.15, 0.2) is 13.6 Å². The van der Waals surface area contributed by atoms with Gasteiger partial charge in [-0.25, -0.2) is 8.37 Å². The molecule has 0 aromatic heterocycles. The second kappa shape index (κ2) is 11.3. The fourth-order valence-corrected chi connectivity index (χ4v) is 0.958. The van der Waals surface area contributed by atoms with Crippen LogP contribution in [0.25, 0.3) is 0 Å². The van der Waals surface area contributed by atoms with E-state index in [0.717, 1.165) is 12.5 Å². The lowest BCUT2D eigenvalue weighted by atomic mass is 10.8. The average molecular weight is 366 g/mol. The topological polar surface area (TPSA) is 149 Å². The van der Waals surface area contributed by atoms with Gasteiger partial charge < -0.3 is 14.2 Å². The summed E-state index contributed by atoms with van der Waals surface area (Å²) in [6.45, 7) is 1.04. The van der Waals surface area contributed by atoms with Crippen molar-refractivity contribution >= 4 is 32.2 Å². The normalized spacial score (nSPS) is 11.1. The molecule has 0 saturated carbocycles. The van der Waals surface area contributed by atoms with E-state index in [1.54, 1.807) is 0 Å². The van der Waals surface area contributed by atoms with Gasteiger partial charge in [0.25, 0.3) is 20.2 Å². The molecular formula is C9H18O11S2. The van der Waals surface area contributed by atoms with Gasteiger partial charge in [-0.2, -0.15) is 16.8 Å². The smallest absolute Gasteiger partial charge is 0.305 e. The fourth-order valence-electron chi connectivity index (χ4n) is 0.472. The summed E-state index contributed by atoms with van der Waals surface area (Å²) in [5, 5.41) is 0. The predicted octanol–water partition coefficient (Wildman–Crippen LogP) is -1.06. The van der Waals surface area contributed by atoms with E-state index in [0.29, 0.717) is 0 Å². The summed E-state index contributed by atoms with van der Waals surface area (Å²) in [6, 6.07) is 0. The van der Waals surface area contributed by atoms with E-state index in [9.17, 15) is 26.4 Å². The van der Waals surface area contributed by atoms with Gasteiger partial charge >= 0.3 is 11.9 Å². The molecule has 0 amide bonds. The van der Waals surface area contributed by atoms with Crippen molar-refractivity contribution in [2.75, 3.05) is 32.9 Å². The Bertz CT molecular complexity index is 486. The van der Waals surface area contributed by atoms with E-state index >= 15 is 0 Å². The summed E-state index contributed by atoms with van der Waals surface area (Å²) in [4.78, 5) is 20.0. The summed E-state index contributed by atoms with van der Waals surface area (Å²) in [7, 11) is -7.14. The first-order valence-corrected chi connectivity index (χ1v) is 9.00. The minimum absolute atomic E-state index is 0.287. The Hall–Kier alpha value is -1.28. The molecule has 132 valence electrons. The number of esters is 2. The first-order chi connectivity index (χ1) is 9.83. The Morgan fingerprint density at radius 3 is 1.27 bits per heavy atom. The molecule has 0 aliphatic carbocycles. The van der Waals surface area contributed by atoms with E-state index in [1.807, 2.05) is 0 Å². The van der Waals surface area contributed by atoms with Crippen LogP contribution in [-0.4, -0.2) is 61.7 Å². The van der Waals surface area contributed by atoms with E-state index in [2.05, 4.69) is 22.6 Å². The standard InChI is InChI=1S/C5H8O4.C4H10O7S2/c1-4(6)8-3-9-5(2)7;1-12(5,6)10-3-9-4-11-13(2,7)8/h3H2,1-2H3;3-4H2,1-2H3. The molecule has 0 aromatic rings. The third-order valence-electron chi connectivity index (χ3n) is 1.22. The maximum Gasteiger partial charge on any atom is 0.305 e. The largest absolute Gasteiger partial charge is 0.428 e. The Labute approximate surface area is 128 Å². The Morgan fingerprint density at radius 1 is 0.727 bits per heavy atom. The second-order valence-corrected chi connectivity index (χ2v) is 6.76. The first kappa shape index (κ1) is 23.0. The number of carbonyl (C=O) groups excluding carboxylic acids is 2. The van der Waals surface area contributed by atoms with Crippen LogP contribution in [0, 0.1) is 0 Å². The maximum atomic E-state index is 10.3.